The van der Waals surface area contributed by atoms with Crippen LogP contribution in [0.3, 0.4) is 0 Å². The molecule has 9 heteroatoms. The Morgan fingerprint density at radius 3 is 2.34 bits per heavy atom. The Morgan fingerprint density at radius 2 is 1.57 bits per heavy atom. The quantitative estimate of drug-likeness (QED) is 0.118. The Kier molecular flexibility index (Phi) is 8.09. The molecular weight excluding hydrogens is 556 g/mol. The molecule has 6 aromatic rings. The molecule has 1 unspecified atom stereocenters. The summed E-state index contributed by atoms with van der Waals surface area (Å²) in [6, 6.07) is 31.4. The van der Waals surface area contributed by atoms with Crippen molar-refractivity contribution in [3.05, 3.63) is 120 Å². The maximum Gasteiger partial charge on any atom is 0.305 e. The lowest BCUT2D eigenvalue weighted by molar-refractivity contribution is -0.136. The van der Waals surface area contributed by atoms with Gasteiger partial charge in [0, 0.05) is 58.0 Å². The highest BCUT2D eigenvalue weighted by Gasteiger charge is 2.21. The summed E-state index contributed by atoms with van der Waals surface area (Å²) in [7, 11) is 0. The molecule has 1 atom stereocenters. The van der Waals surface area contributed by atoms with E-state index in [9.17, 15) is 14.4 Å². The smallest absolute Gasteiger partial charge is 0.305 e. The predicted molar refractivity (Wildman–Crippen MR) is 171 cm³/mol. The molecular formula is C35H30N4O5. The van der Waals surface area contributed by atoms with Gasteiger partial charge >= 0.3 is 5.97 Å². The van der Waals surface area contributed by atoms with Crippen LogP contribution in [0.15, 0.2) is 114 Å². The van der Waals surface area contributed by atoms with Gasteiger partial charge in [-0.15, -0.1) is 0 Å². The number of anilines is 2. The molecule has 0 spiro atoms. The second-order valence-corrected chi connectivity index (χ2v) is 10.5. The first-order valence-corrected chi connectivity index (χ1v) is 14.2. The summed E-state index contributed by atoms with van der Waals surface area (Å²) in [6.45, 7) is 0.0420. The third kappa shape index (κ3) is 6.47. The molecule has 0 aliphatic heterocycles. The molecule has 0 aliphatic rings. The second-order valence-electron chi connectivity index (χ2n) is 10.5. The van der Waals surface area contributed by atoms with Crippen LogP contribution in [-0.2, 0) is 16.0 Å². The van der Waals surface area contributed by atoms with Crippen molar-refractivity contribution in [1.29, 1.82) is 0 Å². The van der Waals surface area contributed by atoms with Gasteiger partial charge in [-0.3, -0.25) is 14.4 Å². The molecule has 0 bridgehead atoms. The van der Waals surface area contributed by atoms with E-state index in [-0.39, 0.29) is 24.8 Å². The SMILES string of the molecule is O=C(O)CCNC(=O)c1ccc(NC(Cc2c[nH]c3ccccc23)C(=O)Nc2ccc(-c3cc4ccccc4o3)cc2)cc1. The van der Waals surface area contributed by atoms with E-state index in [0.717, 1.165) is 38.8 Å². The number of fused-ring (bicyclic) bond motifs is 2. The Morgan fingerprint density at radius 1 is 0.841 bits per heavy atom. The molecule has 0 radical (unpaired) electrons. The van der Waals surface area contributed by atoms with Crippen LogP contribution in [0.5, 0.6) is 0 Å². The molecule has 0 saturated heterocycles. The number of aromatic nitrogens is 1. The highest BCUT2D eigenvalue weighted by Crippen LogP contribution is 2.29. The first kappa shape index (κ1) is 28.3. The first-order chi connectivity index (χ1) is 21.4. The van der Waals surface area contributed by atoms with Crippen molar-refractivity contribution >= 4 is 51.0 Å². The van der Waals surface area contributed by atoms with Crippen molar-refractivity contribution in [2.75, 3.05) is 17.2 Å². The summed E-state index contributed by atoms with van der Waals surface area (Å²) in [6.07, 6.45) is 2.17. The molecule has 2 heterocycles. The number of rotatable bonds is 11. The molecule has 2 aromatic heterocycles. The minimum absolute atomic E-state index is 0.0420. The average molecular weight is 587 g/mol. The molecule has 9 nitrogen and oxygen atoms in total. The van der Waals surface area contributed by atoms with Gasteiger partial charge in [0.1, 0.15) is 17.4 Å². The number of hydrogen-bond acceptors (Lipinski definition) is 5. The van der Waals surface area contributed by atoms with Gasteiger partial charge in [0.15, 0.2) is 0 Å². The number of carbonyl (C=O) groups excluding carboxylic acids is 2. The number of carbonyl (C=O) groups is 3. The monoisotopic (exact) mass is 586 g/mol. The Balaban J connectivity index is 1.18. The normalized spacial score (nSPS) is 11.7. The number of H-pyrrole nitrogens is 1. The van der Waals surface area contributed by atoms with Crippen LogP contribution in [0.4, 0.5) is 11.4 Å². The number of aliphatic carboxylic acids is 1. The molecule has 44 heavy (non-hydrogen) atoms. The fourth-order valence-electron chi connectivity index (χ4n) is 5.11. The lowest BCUT2D eigenvalue weighted by Gasteiger charge is -2.20. The summed E-state index contributed by atoms with van der Waals surface area (Å²) in [5, 5.41) is 19.8. The number of hydrogen-bond donors (Lipinski definition) is 5. The molecule has 4 aromatic carbocycles. The zero-order valence-corrected chi connectivity index (χ0v) is 23.7. The zero-order valence-electron chi connectivity index (χ0n) is 23.7. The average Bonchev–Trinajstić information content (AvgIpc) is 3.66. The van der Waals surface area contributed by atoms with Crippen LogP contribution in [0, 0.1) is 0 Å². The largest absolute Gasteiger partial charge is 0.481 e. The number of carboxylic acid groups (broad SMARTS) is 1. The van der Waals surface area contributed by atoms with E-state index < -0.39 is 12.0 Å². The number of carboxylic acids is 1. The number of furan rings is 1. The van der Waals surface area contributed by atoms with Crippen LogP contribution >= 0.6 is 0 Å². The van der Waals surface area contributed by atoms with E-state index in [1.54, 1.807) is 24.3 Å². The number of amides is 2. The van der Waals surface area contributed by atoms with Gasteiger partial charge in [0.2, 0.25) is 5.91 Å². The lowest BCUT2D eigenvalue weighted by atomic mass is 10.0. The van der Waals surface area contributed by atoms with E-state index >= 15 is 0 Å². The van der Waals surface area contributed by atoms with E-state index in [4.69, 9.17) is 9.52 Å². The Bertz CT molecular complexity index is 1910. The van der Waals surface area contributed by atoms with Gasteiger partial charge in [-0.25, -0.2) is 0 Å². The fraction of sp³-hybridized carbons (Fsp3) is 0.114. The molecule has 220 valence electrons. The lowest BCUT2D eigenvalue weighted by Crippen LogP contribution is -2.36. The Hall–Kier alpha value is -5.83. The van der Waals surface area contributed by atoms with Crippen LogP contribution in [-0.4, -0.2) is 40.5 Å². The second kappa shape index (κ2) is 12.6. The number of para-hydroxylation sites is 2. The molecule has 0 saturated carbocycles. The van der Waals surface area contributed by atoms with Gasteiger partial charge in [0.05, 0.1) is 6.42 Å². The maximum absolute atomic E-state index is 13.7. The van der Waals surface area contributed by atoms with E-state index in [1.165, 1.54) is 0 Å². The third-order valence-corrected chi connectivity index (χ3v) is 7.39. The third-order valence-electron chi connectivity index (χ3n) is 7.39. The van der Waals surface area contributed by atoms with Crippen LogP contribution in [0.25, 0.3) is 33.2 Å². The molecule has 0 aliphatic carbocycles. The van der Waals surface area contributed by atoms with Crippen molar-refractivity contribution in [2.45, 2.75) is 18.9 Å². The topological polar surface area (TPSA) is 136 Å². The van der Waals surface area contributed by atoms with Crippen molar-refractivity contribution < 1.29 is 23.9 Å². The van der Waals surface area contributed by atoms with Crippen molar-refractivity contribution in [3.63, 3.8) is 0 Å². The summed E-state index contributed by atoms with van der Waals surface area (Å²) in [5.41, 5.74) is 5.39. The maximum atomic E-state index is 13.7. The van der Waals surface area contributed by atoms with Crippen LogP contribution in [0.1, 0.15) is 22.3 Å². The fourth-order valence-corrected chi connectivity index (χ4v) is 5.11. The molecule has 5 N–H and O–H groups in total. The summed E-state index contributed by atoms with van der Waals surface area (Å²) < 4.78 is 5.98. The van der Waals surface area contributed by atoms with Crippen LogP contribution < -0.4 is 16.0 Å². The van der Waals surface area contributed by atoms with Gasteiger partial charge < -0.3 is 30.5 Å². The number of aromatic amines is 1. The minimum Gasteiger partial charge on any atom is -0.481 e. The van der Waals surface area contributed by atoms with E-state index in [2.05, 4.69) is 20.9 Å². The number of nitrogens with one attached hydrogen (secondary N) is 4. The highest BCUT2D eigenvalue weighted by molar-refractivity contribution is 5.98. The standard InChI is InChI=1S/C35H30N4O5/c40-33(41)17-18-36-34(42)23-11-15-26(16-12-23)38-30(19-25-21-37-29-7-3-2-6-28(25)29)35(43)39-27-13-9-22(10-14-27)32-20-24-5-1-4-8-31(24)44-32/h1-16,20-21,30,37-38H,17-19H2,(H,36,42)(H,39,43)(H,40,41). The zero-order chi connectivity index (χ0) is 30.5. The van der Waals surface area contributed by atoms with Crippen LogP contribution in [0.2, 0.25) is 0 Å². The van der Waals surface area contributed by atoms with Crippen molar-refractivity contribution in [2.24, 2.45) is 0 Å². The molecule has 0 fully saturated rings. The Labute approximate surface area is 252 Å². The predicted octanol–water partition coefficient (Wildman–Crippen LogP) is 6.45. The highest BCUT2D eigenvalue weighted by atomic mass is 16.4. The van der Waals surface area contributed by atoms with Gasteiger partial charge in [-0.1, -0.05) is 36.4 Å². The molecule has 6 rings (SSSR count). The van der Waals surface area contributed by atoms with E-state index in [0.29, 0.717) is 23.4 Å². The summed E-state index contributed by atoms with van der Waals surface area (Å²) in [4.78, 5) is 40.1. The van der Waals surface area contributed by atoms with Gasteiger partial charge in [-0.2, -0.15) is 0 Å². The van der Waals surface area contributed by atoms with Gasteiger partial charge in [-0.05, 0) is 72.3 Å². The summed E-state index contributed by atoms with van der Waals surface area (Å²) in [5.74, 6) is -0.812. The minimum atomic E-state index is -0.980. The number of benzene rings is 4. The van der Waals surface area contributed by atoms with Crippen molar-refractivity contribution in [1.82, 2.24) is 10.3 Å². The first-order valence-electron chi connectivity index (χ1n) is 14.2. The molecule has 2 amide bonds. The van der Waals surface area contributed by atoms with Gasteiger partial charge in [0.25, 0.3) is 5.91 Å². The summed E-state index contributed by atoms with van der Waals surface area (Å²) >= 11 is 0. The van der Waals surface area contributed by atoms with Crippen molar-refractivity contribution in [3.8, 4) is 11.3 Å². The van der Waals surface area contributed by atoms with E-state index in [1.807, 2.05) is 85.1 Å².